The van der Waals surface area contributed by atoms with E-state index in [4.69, 9.17) is 23.7 Å². The minimum atomic E-state index is 0.266. The maximum atomic E-state index is 5.41. The summed E-state index contributed by atoms with van der Waals surface area (Å²) >= 11 is 0. The highest BCUT2D eigenvalue weighted by Gasteiger charge is 2.22. The molecule has 0 saturated carbocycles. The number of piperazine rings is 1. The molecule has 104 heavy (non-hydrogen) atoms. The van der Waals surface area contributed by atoms with E-state index in [-0.39, 0.29) is 6.10 Å². The maximum absolute atomic E-state index is 5.41. The first-order valence-corrected chi connectivity index (χ1v) is 42.1. The van der Waals surface area contributed by atoms with Gasteiger partial charge in [-0.1, -0.05) is 154 Å². The van der Waals surface area contributed by atoms with Crippen LogP contribution >= 0.6 is 0 Å². The number of allylic oxidation sites excluding steroid dienone is 1. The van der Waals surface area contributed by atoms with Gasteiger partial charge in [0.2, 0.25) is 0 Å². The summed E-state index contributed by atoms with van der Waals surface area (Å²) in [5, 5.41) is 3.30. The number of morpholine rings is 1. The number of benzene rings is 3. The van der Waals surface area contributed by atoms with Crippen LogP contribution in [0.15, 0.2) is 115 Å². The zero-order chi connectivity index (χ0) is 77.6. The van der Waals surface area contributed by atoms with Crippen LogP contribution in [-0.2, 0) is 25.4 Å². The number of nitrogens with one attached hydrogen (secondary N) is 1. The molecule has 6 saturated heterocycles. The molecule has 0 aromatic heterocycles. The van der Waals surface area contributed by atoms with Crippen LogP contribution in [0, 0.1) is 47.3 Å². The Morgan fingerprint density at radius 3 is 1.28 bits per heavy atom. The summed E-state index contributed by atoms with van der Waals surface area (Å²) in [6, 6.07) is 34.9. The van der Waals surface area contributed by atoms with Gasteiger partial charge in [-0.05, 0) is 284 Å². The van der Waals surface area contributed by atoms with Gasteiger partial charge in [0.25, 0.3) is 0 Å². The highest BCUT2D eigenvalue weighted by molar-refractivity contribution is 5.43. The second-order valence-corrected chi connectivity index (χ2v) is 33.7. The van der Waals surface area contributed by atoms with Crippen LogP contribution < -0.4 is 10.1 Å². The number of rotatable bonds is 14. The van der Waals surface area contributed by atoms with Crippen LogP contribution in [0.5, 0.6) is 5.75 Å². The SMILES string of the molecule is CC(C)C1=CCOCC1.CC(C)C1C=COCC1.CC(C)C1CCOCC1.CC(C)Cc1ccccc1.CC(C)N1CCCCC1.CC(C)N1CCN(C)CC1.CC(C)N1CCOCC1.CC(C)Nc1ccccc1.CC(C)Oc1ccccc1.CC1CCN(C(C)C)C1.CC1CCN(C(C)C)CC1. The molecule has 12 nitrogen and oxygen atoms in total. The predicted molar refractivity (Wildman–Crippen MR) is 455 cm³/mol. The molecule has 8 aliphatic rings. The van der Waals surface area contributed by atoms with Gasteiger partial charge in [-0.3, -0.25) is 9.80 Å². The molecule has 1 N–H and O–H groups in total. The molecule has 2 atom stereocenters. The fourth-order valence-electron chi connectivity index (χ4n) is 13.1. The number of anilines is 1. The summed E-state index contributed by atoms with van der Waals surface area (Å²) in [5.41, 5.74) is 4.19. The molecule has 6 fully saturated rings. The number of nitrogens with zero attached hydrogens (tertiary/aromatic N) is 6. The lowest BCUT2D eigenvalue weighted by molar-refractivity contribution is 0.0238. The molecule has 2 unspecified atom stereocenters. The van der Waals surface area contributed by atoms with Crippen molar-refractivity contribution in [3.63, 3.8) is 0 Å². The Labute approximate surface area is 645 Å². The van der Waals surface area contributed by atoms with Gasteiger partial charge in [0.15, 0.2) is 0 Å². The number of likely N-dealkylation sites (tertiary alicyclic amines) is 3. The molecule has 0 bridgehead atoms. The van der Waals surface area contributed by atoms with Gasteiger partial charge >= 0.3 is 0 Å². The van der Waals surface area contributed by atoms with Crippen LogP contribution in [0.1, 0.15) is 236 Å². The van der Waals surface area contributed by atoms with Gasteiger partial charge in [0, 0.05) is 101 Å². The average molecular weight is 1450 g/mol. The van der Waals surface area contributed by atoms with E-state index in [2.05, 4.69) is 249 Å². The lowest BCUT2D eigenvalue weighted by Crippen LogP contribution is -2.47. The van der Waals surface area contributed by atoms with Crippen molar-refractivity contribution in [1.82, 2.24) is 29.4 Å². The largest absolute Gasteiger partial charge is 0.501 e. The first-order valence-electron chi connectivity index (χ1n) is 42.1. The fraction of sp³-hybridized carbons (Fsp3) is 0.761. The molecule has 0 aliphatic carbocycles. The van der Waals surface area contributed by atoms with Gasteiger partial charge in [-0.2, -0.15) is 0 Å². The number of hydrogen-bond donors (Lipinski definition) is 1. The fourth-order valence-corrected chi connectivity index (χ4v) is 13.1. The zero-order valence-corrected chi connectivity index (χ0v) is 72.5. The van der Waals surface area contributed by atoms with Crippen molar-refractivity contribution in [1.29, 1.82) is 0 Å². The molecular weight excluding hydrogens is 1280 g/mol. The van der Waals surface area contributed by atoms with Gasteiger partial charge in [0.1, 0.15) is 5.75 Å². The summed E-state index contributed by atoms with van der Waals surface area (Å²) in [7, 11) is 2.19. The van der Waals surface area contributed by atoms with E-state index in [1.54, 1.807) is 5.57 Å². The summed E-state index contributed by atoms with van der Waals surface area (Å²) in [6.07, 6.45) is 21.0. The second-order valence-electron chi connectivity index (χ2n) is 33.7. The highest BCUT2D eigenvalue weighted by atomic mass is 16.5. The normalized spacial score (nSPS) is 20.1. The number of piperidine rings is 2. The van der Waals surface area contributed by atoms with E-state index >= 15 is 0 Å². The van der Waals surface area contributed by atoms with E-state index < -0.39 is 0 Å². The summed E-state index contributed by atoms with van der Waals surface area (Å²) < 4.78 is 26.1. The van der Waals surface area contributed by atoms with Gasteiger partial charge in [0.05, 0.1) is 45.4 Å². The Bertz CT molecular complexity index is 2200. The van der Waals surface area contributed by atoms with Gasteiger partial charge in [-0.15, -0.1) is 0 Å². The van der Waals surface area contributed by atoms with E-state index in [0.717, 1.165) is 137 Å². The molecule has 0 radical (unpaired) electrons. The standard InChI is InChI=1S/C10H14.C9H19N.C9H13N.C9H12O.C8H18N2.2C8H17N.C8H16O.2C8H14O.C7H15NO/c1-9(2)8-10-6-4-3-5-7-10;1-8(2)10-6-4-9(3)5-7-10;2*1-8(2)10-9-6-4-3-5-7-9;1-8(2)10-6-4-9(3)5-7-10;1-7(2)9-5-4-8(3)6-9;1-8(2)9-6-4-3-5-7-9;4*1-7(2)8-3-5-9-6-4-8/h3-7,9H,8H2,1-2H3;8-9H,4-7H2,1-3H3;3-8,10H,1-2H3;3-8H,1-2H3;8H,4-7H2,1-3H3;7-8H,4-6H2,1-3H3;8H,3-7H2,1-2H3;7-8H,3-6H2,1-2H3;3,7H,4-6H2,1-2H3;3,5,7-8H,4,6H2,1-2H3;7H,3-6H2,1-2H3. The quantitative estimate of drug-likeness (QED) is 0.156. The van der Waals surface area contributed by atoms with E-state index in [1.165, 1.54) is 141 Å². The van der Waals surface area contributed by atoms with Gasteiger partial charge < -0.3 is 48.6 Å². The Hall–Kier alpha value is -3.82. The van der Waals surface area contributed by atoms with Crippen molar-refractivity contribution in [3.05, 3.63) is 121 Å². The third kappa shape index (κ3) is 52.3. The Balaban J connectivity index is 0.000000572. The van der Waals surface area contributed by atoms with E-state index in [9.17, 15) is 0 Å². The third-order valence-corrected chi connectivity index (χ3v) is 20.5. The average Bonchev–Trinajstić information content (AvgIpc) is 1.47. The van der Waals surface area contributed by atoms with E-state index in [1.807, 2.05) is 68.6 Å². The summed E-state index contributed by atoms with van der Waals surface area (Å²) in [6.45, 7) is 75.3. The maximum Gasteiger partial charge on any atom is 0.119 e. The summed E-state index contributed by atoms with van der Waals surface area (Å²) in [4.78, 5) is 15.0. The Morgan fingerprint density at radius 1 is 0.442 bits per heavy atom. The molecule has 0 amide bonds. The summed E-state index contributed by atoms with van der Waals surface area (Å²) in [5.74, 6) is 7.63. The smallest absolute Gasteiger partial charge is 0.119 e. The first-order chi connectivity index (χ1) is 49.5. The third-order valence-electron chi connectivity index (χ3n) is 20.5. The molecule has 602 valence electrons. The monoisotopic (exact) mass is 1450 g/mol. The van der Waals surface area contributed by atoms with Crippen LogP contribution in [0.3, 0.4) is 0 Å². The lowest BCUT2D eigenvalue weighted by atomic mass is 9.89. The molecule has 8 heterocycles. The molecule has 8 aliphatic heterocycles. The number of para-hydroxylation sites is 2. The number of ether oxygens (including phenoxy) is 5. The van der Waals surface area contributed by atoms with Crippen LogP contribution in [-0.4, -0.2) is 204 Å². The first kappa shape index (κ1) is 98.2. The molecule has 12 heteroatoms. The van der Waals surface area contributed by atoms with Crippen molar-refractivity contribution < 1.29 is 23.7 Å². The number of hydrogen-bond acceptors (Lipinski definition) is 12. The molecule has 11 rings (SSSR count). The molecule has 3 aromatic carbocycles. The minimum Gasteiger partial charge on any atom is -0.501 e. The van der Waals surface area contributed by atoms with Crippen LogP contribution in [0.4, 0.5) is 5.69 Å². The van der Waals surface area contributed by atoms with Crippen molar-refractivity contribution in [3.8, 4) is 5.75 Å². The lowest BCUT2D eigenvalue weighted by Gasteiger charge is -2.34. The molecule has 0 spiro atoms. The van der Waals surface area contributed by atoms with Gasteiger partial charge in [-0.25, -0.2) is 0 Å². The van der Waals surface area contributed by atoms with Crippen LogP contribution in [0.25, 0.3) is 0 Å². The topological polar surface area (TPSA) is 77.6 Å². The van der Waals surface area contributed by atoms with E-state index in [0.29, 0.717) is 18.0 Å². The van der Waals surface area contributed by atoms with Crippen molar-refractivity contribution >= 4 is 5.69 Å². The van der Waals surface area contributed by atoms with Crippen LogP contribution in [0.2, 0.25) is 0 Å². The second kappa shape index (κ2) is 61.0. The molecular formula is C92H169N7O5. The molecule has 3 aromatic rings. The Kier molecular flexibility index (Phi) is 57.6. The zero-order valence-electron chi connectivity index (χ0n) is 72.5. The van der Waals surface area contributed by atoms with Crippen molar-refractivity contribution in [2.75, 3.05) is 137 Å². The van der Waals surface area contributed by atoms with Crippen molar-refractivity contribution in [2.24, 2.45) is 47.3 Å². The Morgan fingerprint density at radius 2 is 0.913 bits per heavy atom. The van der Waals surface area contributed by atoms with Crippen molar-refractivity contribution in [2.45, 2.75) is 279 Å². The predicted octanol–water partition coefficient (Wildman–Crippen LogP) is 21.2. The minimum absolute atomic E-state index is 0.266. The number of likely N-dealkylation sites (N-methyl/N-ethyl adjacent to an activating group) is 1. The highest BCUT2D eigenvalue weighted by Crippen LogP contribution is 2.24.